The maximum atomic E-state index is 12.6. The SMILES string of the molecule is COc1ccc(NC(C)=O)cc1S(=O)(=O)NCc1ccc(Cl)cc1. The number of rotatable bonds is 6. The predicted molar refractivity (Wildman–Crippen MR) is 92.8 cm³/mol. The van der Waals surface area contributed by atoms with Crippen LogP contribution in [0, 0.1) is 0 Å². The molecule has 128 valence electrons. The first-order valence-electron chi connectivity index (χ1n) is 7.01. The highest BCUT2D eigenvalue weighted by Crippen LogP contribution is 2.27. The van der Waals surface area contributed by atoms with Gasteiger partial charge in [0.15, 0.2) is 0 Å². The fourth-order valence-electron chi connectivity index (χ4n) is 2.03. The molecule has 0 radical (unpaired) electrons. The van der Waals surface area contributed by atoms with Gasteiger partial charge in [-0.15, -0.1) is 0 Å². The van der Waals surface area contributed by atoms with Crippen LogP contribution < -0.4 is 14.8 Å². The molecule has 0 atom stereocenters. The van der Waals surface area contributed by atoms with Crippen LogP contribution in [0.5, 0.6) is 5.75 Å². The lowest BCUT2D eigenvalue weighted by atomic mass is 10.2. The molecule has 0 fully saturated rings. The molecule has 6 nitrogen and oxygen atoms in total. The number of anilines is 1. The molecule has 0 spiro atoms. The van der Waals surface area contributed by atoms with Gasteiger partial charge in [-0.2, -0.15) is 0 Å². The Morgan fingerprint density at radius 2 is 1.83 bits per heavy atom. The third kappa shape index (κ3) is 4.70. The van der Waals surface area contributed by atoms with Crippen molar-refractivity contribution >= 4 is 33.2 Å². The first-order valence-corrected chi connectivity index (χ1v) is 8.87. The molecule has 0 aromatic heterocycles. The summed E-state index contributed by atoms with van der Waals surface area (Å²) in [6.07, 6.45) is 0. The molecule has 8 heteroatoms. The van der Waals surface area contributed by atoms with Crippen LogP contribution in [0.1, 0.15) is 12.5 Å². The maximum Gasteiger partial charge on any atom is 0.244 e. The Balaban J connectivity index is 2.26. The summed E-state index contributed by atoms with van der Waals surface area (Å²) in [5.74, 6) is -0.106. The number of amides is 1. The maximum absolute atomic E-state index is 12.6. The van der Waals surface area contributed by atoms with Gasteiger partial charge in [-0.25, -0.2) is 13.1 Å². The van der Waals surface area contributed by atoms with E-state index in [0.717, 1.165) is 5.56 Å². The number of halogens is 1. The smallest absolute Gasteiger partial charge is 0.244 e. The van der Waals surface area contributed by atoms with E-state index in [9.17, 15) is 13.2 Å². The lowest BCUT2D eigenvalue weighted by Crippen LogP contribution is -2.24. The van der Waals surface area contributed by atoms with Crippen molar-refractivity contribution in [2.24, 2.45) is 0 Å². The Hall–Kier alpha value is -2.09. The summed E-state index contributed by atoms with van der Waals surface area (Å²) in [7, 11) is -2.45. The first kappa shape index (κ1) is 18.3. The minimum absolute atomic E-state index is 0.0507. The van der Waals surface area contributed by atoms with Crippen LogP contribution in [0.3, 0.4) is 0 Å². The van der Waals surface area contributed by atoms with E-state index in [4.69, 9.17) is 16.3 Å². The van der Waals surface area contributed by atoms with E-state index in [1.54, 1.807) is 30.3 Å². The number of methoxy groups -OCH3 is 1. The van der Waals surface area contributed by atoms with Crippen LogP contribution in [0.15, 0.2) is 47.4 Å². The average molecular weight is 369 g/mol. The highest BCUT2D eigenvalue weighted by Gasteiger charge is 2.20. The molecule has 2 aromatic carbocycles. The van der Waals surface area contributed by atoms with Gasteiger partial charge in [0.1, 0.15) is 10.6 Å². The van der Waals surface area contributed by atoms with Crippen molar-refractivity contribution < 1.29 is 17.9 Å². The molecule has 0 aliphatic heterocycles. The lowest BCUT2D eigenvalue weighted by Gasteiger charge is -2.13. The van der Waals surface area contributed by atoms with Crippen LogP contribution in [0.4, 0.5) is 5.69 Å². The number of sulfonamides is 1. The quantitative estimate of drug-likeness (QED) is 0.821. The summed E-state index contributed by atoms with van der Waals surface area (Å²) < 4.78 is 32.7. The fraction of sp³-hybridized carbons (Fsp3) is 0.188. The molecular formula is C16H17ClN2O4S. The van der Waals surface area contributed by atoms with Crippen molar-refractivity contribution in [2.45, 2.75) is 18.4 Å². The van der Waals surface area contributed by atoms with Gasteiger partial charge in [0.25, 0.3) is 0 Å². The number of hydrogen-bond acceptors (Lipinski definition) is 4. The monoisotopic (exact) mass is 368 g/mol. The topological polar surface area (TPSA) is 84.5 Å². The summed E-state index contributed by atoms with van der Waals surface area (Å²) in [5.41, 5.74) is 1.13. The molecular weight excluding hydrogens is 352 g/mol. The van der Waals surface area contributed by atoms with E-state index in [2.05, 4.69) is 10.0 Å². The highest BCUT2D eigenvalue weighted by atomic mass is 35.5. The molecule has 0 heterocycles. The zero-order chi connectivity index (χ0) is 17.7. The lowest BCUT2D eigenvalue weighted by molar-refractivity contribution is -0.114. The molecule has 2 rings (SSSR count). The van der Waals surface area contributed by atoms with Gasteiger partial charge < -0.3 is 10.1 Å². The average Bonchev–Trinajstić information content (AvgIpc) is 2.54. The number of nitrogens with one attached hydrogen (secondary N) is 2. The molecule has 2 N–H and O–H groups in total. The van der Waals surface area contributed by atoms with Gasteiger partial charge >= 0.3 is 0 Å². The number of hydrogen-bond donors (Lipinski definition) is 2. The second-order valence-corrected chi connectivity index (χ2v) is 7.17. The molecule has 0 saturated heterocycles. The van der Waals surface area contributed by atoms with Crippen LogP contribution in [-0.4, -0.2) is 21.4 Å². The summed E-state index contributed by atoms with van der Waals surface area (Å²) in [6.45, 7) is 1.45. The van der Waals surface area contributed by atoms with Crippen LogP contribution in [0.2, 0.25) is 5.02 Å². The van der Waals surface area contributed by atoms with Crippen molar-refractivity contribution in [1.29, 1.82) is 0 Å². The van der Waals surface area contributed by atoms with Crippen molar-refractivity contribution in [1.82, 2.24) is 4.72 Å². The van der Waals surface area contributed by atoms with Gasteiger partial charge in [-0.1, -0.05) is 23.7 Å². The van der Waals surface area contributed by atoms with Crippen LogP contribution in [0.25, 0.3) is 0 Å². The molecule has 0 aliphatic rings. The molecule has 0 bridgehead atoms. The second kappa shape index (κ2) is 7.65. The van der Waals surface area contributed by atoms with Gasteiger partial charge in [-0.05, 0) is 35.9 Å². The Morgan fingerprint density at radius 1 is 1.17 bits per heavy atom. The van der Waals surface area contributed by atoms with Crippen molar-refractivity contribution in [3.05, 3.63) is 53.1 Å². The molecule has 0 saturated carbocycles. The van der Waals surface area contributed by atoms with Gasteiger partial charge in [-0.3, -0.25) is 4.79 Å². The summed E-state index contributed by atoms with van der Waals surface area (Å²) in [6, 6.07) is 11.2. The van der Waals surface area contributed by atoms with Gasteiger partial charge in [0, 0.05) is 24.2 Å². The zero-order valence-corrected chi connectivity index (χ0v) is 14.7. The van der Waals surface area contributed by atoms with Crippen molar-refractivity contribution in [2.75, 3.05) is 12.4 Å². The summed E-state index contributed by atoms with van der Waals surface area (Å²) in [5, 5.41) is 3.12. The largest absolute Gasteiger partial charge is 0.495 e. The Bertz CT molecular complexity index is 836. The minimum Gasteiger partial charge on any atom is -0.495 e. The third-order valence-electron chi connectivity index (χ3n) is 3.15. The van der Waals surface area contributed by atoms with Gasteiger partial charge in [0.2, 0.25) is 15.9 Å². The Kier molecular flexibility index (Phi) is 5.82. The van der Waals surface area contributed by atoms with Crippen LogP contribution >= 0.6 is 11.6 Å². The molecule has 0 aliphatic carbocycles. The van der Waals surface area contributed by atoms with E-state index in [-0.39, 0.29) is 23.1 Å². The fourth-order valence-corrected chi connectivity index (χ4v) is 3.36. The first-order chi connectivity index (χ1) is 11.3. The number of ether oxygens (including phenoxy) is 1. The molecule has 2 aromatic rings. The van der Waals surface area contributed by atoms with E-state index in [1.807, 2.05) is 0 Å². The second-order valence-electron chi connectivity index (χ2n) is 5.00. The predicted octanol–water partition coefficient (Wildman–Crippen LogP) is 2.79. The zero-order valence-electron chi connectivity index (χ0n) is 13.2. The number of carbonyl (C=O) groups excluding carboxylic acids is 1. The van der Waals surface area contributed by atoms with Crippen molar-refractivity contribution in [3.8, 4) is 5.75 Å². The third-order valence-corrected chi connectivity index (χ3v) is 4.83. The van der Waals surface area contributed by atoms with E-state index >= 15 is 0 Å². The Labute approximate surface area is 145 Å². The molecule has 0 unspecified atom stereocenters. The van der Waals surface area contributed by atoms with Gasteiger partial charge in [0.05, 0.1) is 7.11 Å². The van der Waals surface area contributed by atoms with Crippen LogP contribution in [-0.2, 0) is 21.4 Å². The minimum atomic E-state index is -3.83. The van der Waals surface area contributed by atoms with Crippen molar-refractivity contribution in [3.63, 3.8) is 0 Å². The van der Waals surface area contributed by atoms with E-state index in [0.29, 0.717) is 10.7 Å². The summed E-state index contributed by atoms with van der Waals surface area (Å²) in [4.78, 5) is 11.1. The standard InChI is InChI=1S/C16H17ClN2O4S/c1-11(20)19-14-7-8-15(23-2)16(9-14)24(21,22)18-10-12-3-5-13(17)6-4-12/h3-9,18H,10H2,1-2H3,(H,19,20). The Morgan fingerprint density at radius 3 is 2.42 bits per heavy atom. The number of benzene rings is 2. The van der Waals surface area contributed by atoms with E-state index in [1.165, 1.54) is 26.2 Å². The van der Waals surface area contributed by atoms with E-state index < -0.39 is 10.0 Å². The highest BCUT2D eigenvalue weighted by molar-refractivity contribution is 7.89. The number of carbonyl (C=O) groups is 1. The molecule has 1 amide bonds. The molecule has 24 heavy (non-hydrogen) atoms. The normalized spacial score (nSPS) is 11.1. The summed E-state index contributed by atoms with van der Waals surface area (Å²) >= 11 is 5.81.